The Bertz CT molecular complexity index is 601. The summed E-state index contributed by atoms with van der Waals surface area (Å²) in [5, 5.41) is 2.75. The third-order valence-electron chi connectivity index (χ3n) is 2.74. The average Bonchev–Trinajstić information content (AvgIpc) is 2.40. The molecule has 19 heavy (non-hydrogen) atoms. The number of aryl methyl sites for hydroxylation is 1. The molecule has 0 saturated heterocycles. The van der Waals surface area contributed by atoms with E-state index in [0.29, 0.717) is 16.8 Å². The molecular weight excluding hydrogens is 240 g/mol. The Morgan fingerprint density at radius 3 is 1.95 bits per heavy atom. The summed E-state index contributed by atoms with van der Waals surface area (Å²) in [4.78, 5) is 22.9. The van der Waals surface area contributed by atoms with Gasteiger partial charge in [0.05, 0.1) is 0 Å². The molecule has 0 fully saturated rings. The van der Waals surface area contributed by atoms with Gasteiger partial charge in [0.1, 0.15) is 0 Å². The van der Waals surface area contributed by atoms with E-state index in [4.69, 9.17) is 5.73 Å². The van der Waals surface area contributed by atoms with Crippen LogP contribution in [0.3, 0.4) is 0 Å². The van der Waals surface area contributed by atoms with Gasteiger partial charge in [0.2, 0.25) is 5.91 Å². The SMILES string of the molecule is Cc1ccc(C(=O)Nc2ccc(C(N)=O)cc2)cc1. The van der Waals surface area contributed by atoms with Crippen LogP contribution < -0.4 is 11.1 Å². The van der Waals surface area contributed by atoms with E-state index in [2.05, 4.69) is 5.32 Å². The summed E-state index contributed by atoms with van der Waals surface area (Å²) in [5.41, 5.74) is 7.86. The second-order valence-corrected chi connectivity index (χ2v) is 4.26. The van der Waals surface area contributed by atoms with Crippen molar-refractivity contribution >= 4 is 17.5 Å². The molecule has 0 aliphatic carbocycles. The smallest absolute Gasteiger partial charge is 0.255 e. The highest BCUT2D eigenvalue weighted by Crippen LogP contribution is 2.11. The molecule has 2 aromatic carbocycles. The predicted molar refractivity (Wildman–Crippen MR) is 74.1 cm³/mol. The number of hydrogen-bond donors (Lipinski definition) is 2. The molecule has 0 atom stereocenters. The summed E-state index contributed by atoms with van der Waals surface area (Å²) < 4.78 is 0. The van der Waals surface area contributed by atoms with Crippen molar-refractivity contribution in [2.24, 2.45) is 5.73 Å². The molecule has 4 heteroatoms. The van der Waals surface area contributed by atoms with Gasteiger partial charge in [-0.25, -0.2) is 0 Å². The molecule has 0 heterocycles. The molecule has 4 nitrogen and oxygen atoms in total. The number of benzene rings is 2. The second kappa shape index (κ2) is 5.35. The minimum atomic E-state index is -0.489. The summed E-state index contributed by atoms with van der Waals surface area (Å²) in [6, 6.07) is 13.7. The van der Waals surface area contributed by atoms with Gasteiger partial charge in [-0.15, -0.1) is 0 Å². The highest BCUT2D eigenvalue weighted by atomic mass is 16.2. The Labute approximate surface area is 111 Å². The lowest BCUT2D eigenvalue weighted by molar-refractivity contribution is 0.0998. The summed E-state index contributed by atoms with van der Waals surface area (Å²) in [7, 11) is 0. The molecule has 0 aliphatic heterocycles. The van der Waals surface area contributed by atoms with Crippen molar-refractivity contribution in [2.45, 2.75) is 6.92 Å². The molecule has 2 aromatic rings. The van der Waals surface area contributed by atoms with Crippen molar-refractivity contribution in [1.82, 2.24) is 0 Å². The number of amides is 2. The van der Waals surface area contributed by atoms with Crippen LogP contribution in [0.4, 0.5) is 5.69 Å². The Hall–Kier alpha value is -2.62. The quantitative estimate of drug-likeness (QED) is 0.882. The maximum absolute atomic E-state index is 11.9. The van der Waals surface area contributed by atoms with E-state index in [1.807, 2.05) is 19.1 Å². The number of nitrogens with one attached hydrogen (secondary N) is 1. The molecule has 0 spiro atoms. The van der Waals surface area contributed by atoms with E-state index in [1.165, 1.54) is 0 Å². The van der Waals surface area contributed by atoms with E-state index < -0.39 is 5.91 Å². The monoisotopic (exact) mass is 254 g/mol. The van der Waals surface area contributed by atoms with Crippen LogP contribution in [-0.4, -0.2) is 11.8 Å². The predicted octanol–water partition coefficient (Wildman–Crippen LogP) is 2.35. The molecule has 0 unspecified atom stereocenters. The van der Waals surface area contributed by atoms with Gasteiger partial charge in [0, 0.05) is 16.8 Å². The minimum absolute atomic E-state index is 0.188. The fourth-order valence-electron chi connectivity index (χ4n) is 1.63. The normalized spacial score (nSPS) is 9.95. The molecule has 0 aromatic heterocycles. The average molecular weight is 254 g/mol. The zero-order chi connectivity index (χ0) is 13.8. The van der Waals surface area contributed by atoms with Gasteiger partial charge in [-0.1, -0.05) is 17.7 Å². The van der Waals surface area contributed by atoms with Gasteiger partial charge >= 0.3 is 0 Å². The topological polar surface area (TPSA) is 72.2 Å². The summed E-state index contributed by atoms with van der Waals surface area (Å²) in [6.45, 7) is 1.96. The largest absolute Gasteiger partial charge is 0.366 e. The molecule has 0 bridgehead atoms. The Morgan fingerprint density at radius 2 is 1.42 bits per heavy atom. The van der Waals surface area contributed by atoms with E-state index in [9.17, 15) is 9.59 Å². The van der Waals surface area contributed by atoms with Gasteiger partial charge < -0.3 is 11.1 Å². The zero-order valence-electron chi connectivity index (χ0n) is 10.5. The van der Waals surface area contributed by atoms with Crippen LogP contribution >= 0.6 is 0 Å². The van der Waals surface area contributed by atoms with Crippen molar-refractivity contribution in [2.75, 3.05) is 5.32 Å². The third kappa shape index (κ3) is 3.19. The molecule has 0 saturated carbocycles. The van der Waals surface area contributed by atoms with Gasteiger partial charge in [0.15, 0.2) is 0 Å². The van der Waals surface area contributed by atoms with E-state index in [-0.39, 0.29) is 5.91 Å². The van der Waals surface area contributed by atoms with Crippen molar-refractivity contribution in [3.8, 4) is 0 Å². The lowest BCUT2D eigenvalue weighted by Gasteiger charge is -2.06. The van der Waals surface area contributed by atoms with E-state index in [0.717, 1.165) is 5.56 Å². The molecule has 96 valence electrons. The standard InChI is InChI=1S/C15H14N2O2/c1-10-2-4-12(5-3-10)15(19)17-13-8-6-11(7-9-13)14(16)18/h2-9H,1H3,(H2,16,18)(H,17,19). The van der Waals surface area contributed by atoms with Gasteiger partial charge in [-0.2, -0.15) is 0 Å². The molecule has 3 N–H and O–H groups in total. The molecule has 2 amide bonds. The van der Waals surface area contributed by atoms with Crippen LogP contribution in [0.2, 0.25) is 0 Å². The first-order valence-corrected chi connectivity index (χ1v) is 5.84. The first-order valence-electron chi connectivity index (χ1n) is 5.84. The lowest BCUT2D eigenvalue weighted by Crippen LogP contribution is -2.13. The van der Waals surface area contributed by atoms with E-state index in [1.54, 1.807) is 36.4 Å². The zero-order valence-corrected chi connectivity index (χ0v) is 10.5. The highest BCUT2D eigenvalue weighted by molar-refractivity contribution is 6.04. The van der Waals surface area contributed by atoms with Crippen LogP contribution in [0.5, 0.6) is 0 Å². The number of anilines is 1. The van der Waals surface area contributed by atoms with Crippen molar-refractivity contribution in [1.29, 1.82) is 0 Å². The maximum atomic E-state index is 11.9. The van der Waals surface area contributed by atoms with Crippen LogP contribution in [0.1, 0.15) is 26.3 Å². The van der Waals surface area contributed by atoms with Crippen LogP contribution in [0.25, 0.3) is 0 Å². The molecule has 2 rings (SSSR count). The summed E-state index contributed by atoms with van der Waals surface area (Å²) >= 11 is 0. The number of carbonyl (C=O) groups is 2. The second-order valence-electron chi connectivity index (χ2n) is 4.26. The third-order valence-corrected chi connectivity index (χ3v) is 2.74. The van der Waals surface area contributed by atoms with E-state index >= 15 is 0 Å². The number of hydrogen-bond acceptors (Lipinski definition) is 2. The lowest BCUT2D eigenvalue weighted by atomic mass is 10.1. The molecular formula is C15H14N2O2. The first kappa shape index (κ1) is 12.8. The molecule has 0 aliphatic rings. The van der Waals surface area contributed by atoms with Gasteiger partial charge in [-0.05, 0) is 43.3 Å². The minimum Gasteiger partial charge on any atom is -0.366 e. The number of nitrogens with two attached hydrogens (primary N) is 1. The number of rotatable bonds is 3. The van der Waals surface area contributed by atoms with Crippen molar-refractivity contribution in [3.63, 3.8) is 0 Å². The van der Waals surface area contributed by atoms with Crippen molar-refractivity contribution in [3.05, 3.63) is 65.2 Å². The first-order chi connectivity index (χ1) is 9.06. The molecule has 0 radical (unpaired) electrons. The van der Waals surface area contributed by atoms with Gasteiger partial charge in [0.25, 0.3) is 5.91 Å². The van der Waals surface area contributed by atoms with Crippen LogP contribution in [-0.2, 0) is 0 Å². The Morgan fingerprint density at radius 1 is 0.895 bits per heavy atom. The fraction of sp³-hybridized carbons (Fsp3) is 0.0667. The maximum Gasteiger partial charge on any atom is 0.255 e. The number of carbonyl (C=O) groups excluding carboxylic acids is 2. The number of primary amides is 1. The van der Waals surface area contributed by atoms with Crippen LogP contribution in [0, 0.1) is 6.92 Å². The Kier molecular flexibility index (Phi) is 3.61. The Balaban J connectivity index is 2.10. The summed E-state index contributed by atoms with van der Waals surface area (Å²) in [5.74, 6) is -0.678. The van der Waals surface area contributed by atoms with Crippen LogP contribution in [0.15, 0.2) is 48.5 Å². The highest BCUT2D eigenvalue weighted by Gasteiger charge is 2.06. The van der Waals surface area contributed by atoms with Gasteiger partial charge in [-0.3, -0.25) is 9.59 Å². The fourth-order valence-corrected chi connectivity index (χ4v) is 1.63. The summed E-state index contributed by atoms with van der Waals surface area (Å²) in [6.07, 6.45) is 0. The van der Waals surface area contributed by atoms with Crippen molar-refractivity contribution < 1.29 is 9.59 Å².